The molecule has 0 aromatic heterocycles. The minimum atomic E-state index is -0.221. The normalized spacial score (nSPS) is 13.9. The van der Waals surface area contributed by atoms with Gasteiger partial charge in [-0.3, -0.25) is 11.3 Å². The van der Waals surface area contributed by atoms with Crippen molar-refractivity contribution in [2.24, 2.45) is 11.3 Å². The third-order valence-corrected chi connectivity index (χ3v) is 2.27. The highest BCUT2D eigenvalue weighted by atomic mass is 19.1. The van der Waals surface area contributed by atoms with Crippen LogP contribution in [0, 0.1) is 11.2 Å². The molecule has 1 unspecified atom stereocenters. The highest BCUT2D eigenvalue weighted by Gasteiger charge is 2.19. The van der Waals surface area contributed by atoms with Crippen LogP contribution in [0.15, 0.2) is 24.3 Å². The maximum absolute atomic E-state index is 13.0. The van der Waals surface area contributed by atoms with Crippen molar-refractivity contribution in [3.05, 3.63) is 35.6 Å². The zero-order chi connectivity index (χ0) is 11.5. The van der Waals surface area contributed by atoms with Crippen molar-refractivity contribution in [3.63, 3.8) is 0 Å². The summed E-state index contributed by atoms with van der Waals surface area (Å²) >= 11 is 0. The van der Waals surface area contributed by atoms with Gasteiger partial charge in [0.2, 0.25) is 0 Å². The summed E-state index contributed by atoms with van der Waals surface area (Å²) in [7, 11) is 0. The van der Waals surface area contributed by atoms with Crippen LogP contribution in [0.4, 0.5) is 4.39 Å². The third kappa shape index (κ3) is 3.98. The Morgan fingerprint density at radius 1 is 1.40 bits per heavy atom. The van der Waals surface area contributed by atoms with Crippen LogP contribution < -0.4 is 11.3 Å². The highest BCUT2D eigenvalue weighted by Crippen LogP contribution is 2.28. The van der Waals surface area contributed by atoms with E-state index in [1.807, 2.05) is 6.07 Å². The van der Waals surface area contributed by atoms with E-state index in [-0.39, 0.29) is 17.3 Å². The predicted molar refractivity (Wildman–Crippen MR) is 60.5 cm³/mol. The molecule has 3 N–H and O–H groups in total. The fourth-order valence-corrected chi connectivity index (χ4v) is 1.61. The van der Waals surface area contributed by atoms with E-state index in [0.29, 0.717) is 0 Å². The van der Waals surface area contributed by atoms with Crippen LogP contribution in [-0.2, 0) is 0 Å². The number of hydrazine groups is 1. The molecule has 1 aromatic carbocycles. The van der Waals surface area contributed by atoms with Gasteiger partial charge in [-0.2, -0.15) is 0 Å². The molecule has 1 aromatic rings. The molecule has 0 bridgehead atoms. The fourth-order valence-electron chi connectivity index (χ4n) is 1.61. The zero-order valence-corrected chi connectivity index (χ0v) is 9.55. The zero-order valence-electron chi connectivity index (χ0n) is 9.55. The number of nitrogens with two attached hydrogens (primary N) is 1. The van der Waals surface area contributed by atoms with Crippen molar-refractivity contribution in [2.75, 3.05) is 0 Å². The van der Waals surface area contributed by atoms with Crippen molar-refractivity contribution in [1.82, 2.24) is 5.43 Å². The fraction of sp³-hybridized carbons (Fsp3) is 0.500. The lowest BCUT2D eigenvalue weighted by atomic mass is 9.86. The topological polar surface area (TPSA) is 38.0 Å². The first-order chi connectivity index (χ1) is 6.92. The lowest BCUT2D eigenvalue weighted by molar-refractivity contribution is 0.313. The van der Waals surface area contributed by atoms with Crippen LogP contribution >= 0.6 is 0 Å². The Labute approximate surface area is 90.6 Å². The summed E-state index contributed by atoms with van der Waals surface area (Å²) in [6, 6.07) is 6.56. The quantitative estimate of drug-likeness (QED) is 0.594. The smallest absolute Gasteiger partial charge is 0.123 e. The standard InChI is InChI=1S/C12H19FN2/c1-12(2,3)8-11(15-14)9-5-4-6-10(13)7-9/h4-7,11,15H,8,14H2,1-3H3. The van der Waals surface area contributed by atoms with Gasteiger partial charge in [0, 0.05) is 6.04 Å². The van der Waals surface area contributed by atoms with Gasteiger partial charge in [-0.1, -0.05) is 32.9 Å². The van der Waals surface area contributed by atoms with E-state index in [4.69, 9.17) is 5.84 Å². The van der Waals surface area contributed by atoms with Gasteiger partial charge in [0.25, 0.3) is 0 Å². The van der Waals surface area contributed by atoms with Crippen LogP contribution in [0.5, 0.6) is 0 Å². The molecule has 0 saturated heterocycles. The van der Waals surface area contributed by atoms with E-state index in [9.17, 15) is 4.39 Å². The van der Waals surface area contributed by atoms with Crippen molar-refractivity contribution >= 4 is 0 Å². The van der Waals surface area contributed by atoms with E-state index in [0.717, 1.165) is 12.0 Å². The first-order valence-corrected chi connectivity index (χ1v) is 5.14. The van der Waals surface area contributed by atoms with Crippen LogP contribution in [-0.4, -0.2) is 0 Å². The molecular formula is C12H19FN2. The third-order valence-electron chi connectivity index (χ3n) is 2.27. The maximum atomic E-state index is 13.0. The molecular weight excluding hydrogens is 191 g/mol. The van der Waals surface area contributed by atoms with Crippen molar-refractivity contribution in [1.29, 1.82) is 0 Å². The minimum absolute atomic E-state index is 0.000648. The molecule has 0 aliphatic carbocycles. The average Bonchev–Trinajstić information content (AvgIpc) is 2.13. The molecule has 0 radical (unpaired) electrons. The van der Waals surface area contributed by atoms with E-state index in [2.05, 4.69) is 26.2 Å². The Kier molecular flexibility index (Phi) is 3.83. The van der Waals surface area contributed by atoms with Gasteiger partial charge in [0.15, 0.2) is 0 Å². The monoisotopic (exact) mass is 210 g/mol. The number of rotatable bonds is 3. The van der Waals surface area contributed by atoms with Crippen LogP contribution in [0.1, 0.15) is 38.8 Å². The Morgan fingerprint density at radius 2 is 2.07 bits per heavy atom. The van der Waals surface area contributed by atoms with Gasteiger partial charge >= 0.3 is 0 Å². The van der Waals surface area contributed by atoms with E-state index in [1.54, 1.807) is 6.07 Å². The van der Waals surface area contributed by atoms with Crippen LogP contribution in [0.25, 0.3) is 0 Å². The van der Waals surface area contributed by atoms with E-state index in [1.165, 1.54) is 12.1 Å². The molecule has 0 aliphatic rings. The summed E-state index contributed by atoms with van der Waals surface area (Å²) in [5.41, 5.74) is 3.79. The summed E-state index contributed by atoms with van der Waals surface area (Å²) in [4.78, 5) is 0. The van der Waals surface area contributed by atoms with Gasteiger partial charge in [-0.05, 0) is 29.5 Å². The Bertz CT molecular complexity index is 318. The molecule has 1 atom stereocenters. The lowest BCUT2D eigenvalue weighted by Crippen LogP contribution is -2.31. The first kappa shape index (κ1) is 12.1. The molecule has 2 nitrogen and oxygen atoms in total. The van der Waals surface area contributed by atoms with Gasteiger partial charge in [0.1, 0.15) is 5.82 Å². The van der Waals surface area contributed by atoms with Crippen LogP contribution in [0.3, 0.4) is 0 Å². The largest absolute Gasteiger partial charge is 0.271 e. The molecule has 0 aliphatic heterocycles. The molecule has 15 heavy (non-hydrogen) atoms. The highest BCUT2D eigenvalue weighted by molar-refractivity contribution is 5.20. The predicted octanol–water partition coefficient (Wildman–Crippen LogP) is 2.77. The molecule has 0 spiro atoms. The van der Waals surface area contributed by atoms with Crippen molar-refractivity contribution in [3.8, 4) is 0 Å². The number of hydrogen-bond acceptors (Lipinski definition) is 2. The Hall–Kier alpha value is -0.930. The molecule has 0 saturated carbocycles. The minimum Gasteiger partial charge on any atom is -0.271 e. The molecule has 0 heterocycles. The number of nitrogens with one attached hydrogen (secondary N) is 1. The summed E-state index contributed by atoms with van der Waals surface area (Å²) in [5.74, 6) is 5.27. The Balaban J connectivity index is 2.83. The SMILES string of the molecule is CC(C)(C)CC(NN)c1cccc(F)c1. The second kappa shape index (κ2) is 4.73. The van der Waals surface area contributed by atoms with Crippen molar-refractivity contribution in [2.45, 2.75) is 33.2 Å². The second-order valence-corrected chi connectivity index (χ2v) is 5.04. The maximum Gasteiger partial charge on any atom is 0.123 e. The number of hydrogen-bond donors (Lipinski definition) is 2. The van der Waals surface area contributed by atoms with Gasteiger partial charge in [0.05, 0.1) is 0 Å². The summed E-state index contributed by atoms with van der Waals surface area (Å²) < 4.78 is 13.0. The van der Waals surface area contributed by atoms with Gasteiger partial charge in [-0.25, -0.2) is 4.39 Å². The number of halogens is 1. The molecule has 0 fully saturated rings. The number of benzene rings is 1. The average molecular weight is 210 g/mol. The Morgan fingerprint density at radius 3 is 2.53 bits per heavy atom. The summed E-state index contributed by atoms with van der Waals surface area (Å²) in [5, 5.41) is 0. The molecule has 0 amide bonds. The molecule has 84 valence electrons. The lowest BCUT2D eigenvalue weighted by Gasteiger charge is -2.25. The van der Waals surface area contributed by atoms with E-state index >= 15 is 0 Å². The second-order valence-electron chi connectivity index (χ2n) is 5.04. The first-order valence-electron chi connectivity index (χ1n) is 5.14. The summed E-state index contributed by atoms with van der Waals surface area (Å²) in [6.45, 7) is 6.41. The van der Waals surface area contributed by atoms with Gasteiger partial charge in [-0.15, -0.1) is 0 Å². The van der Waals surface area contributed by atoms with Gasteiger partial charge < -0.3 is 0 Å². The summed E-state index contributed by atoms with van der Waals surface area (Å²) in [6.07, 6.45) is 0.868. The van der Waals surface area contributed by atoms with Crippen molar-refractivity contribution < 1.29 is 4.39 Å². The van der Waals surface area contributed by atoms with E-state index < -0.39 is 0 Å². The molecule has 1 rings (SSSR count). The molecule has 3 heteroatoms. The van der Waals surface area contributed by atoms with Crippen LogP contribution in [0.2, 0.25) is 0 Å².